The molecule has 4 heteroatoms. The zero-order valence-corrected chi connectivity index (χ0v) is 11.8. The molecule has 1 aromatic carbocycles. The lowest BCUT2D eigenvalue weighted by atomic mass is 10.0. The van der Waals surface area contributed by atoms with Crippen LogP contribution in [-0.2, 0) is 6.42 Å². The van der Waals surface area contributed by atoms with Gasteiger partial charge < -0.3 is 10.5 Å². The van der Waals surface area contributed by atoms with E-state index in [4.69, 9.17) is 22.1 Å². The zero-order chi connectivity index (χ0) is 13.0. The summed E-state index contributed by atoms with van der Waals surface area (Å²) in [5, 5.41) is 2.79. The molecule has 0 aliphatic heterocycles. The van der Waals surface area contributed by atoms with Gasteiger partial charge in [0, 0.05) is 17.3 Å². The van der Waals surface area contributed by atoms with Gasteiger partial charge in [0.25, 0.3) is 0 Å². The van der Waals surface area contributed by atoms with Gasteiger partial charge in [0.2, 0.25) is 0 Å². The first-order chi connectivity index (χ1) is 8.70. The van der Waals surface area contributed by atoms with Crippen molar-refractivity contribution < 1.29 is 4.74 Å². The molecule has 1 atom stereocenters. The van der Waals surface area contributed by atoms with Gasteiger partial charge in [-0.05, 0) is 36.1 Å². The summed E-state index contributed by atoms with van der Waals surface area (Å²) >= 11 is 7.73. The van der Waals surface area contributed by atoms with Gasteiger partial charge >= 0.3 is 0 Å². The van der Waals surface area contributed by atoms with Crippen LogP contribution in [0.25, 0.3) is 0 Å². The number of thiophene rings is 1. The molecule has 0 aliphatic carbocycles. The molecule has 1 unspecified atom stereocenters. The fourth-order valence-electron chi connectivity index (χ4n) is 1.79. The van der Waals surface area contributed by atoms with E-state index in [1.165, 1.54) is 0 Å². The molecule has 0 bridgehead atoms. The van der Waals surface area contributed by atoms with Crippen LogP contribution in [0.4, 0.5) is 0 Å². The maximum absolute atomic E-state index is 6.21. The monoisotopic (exact) mass is 281 g/mol. The van der Waals surface area contributed by atoms with E-state index in [-0.39, 0.29) is 6.04 Å². The predicted octanol–water partition coefficient (Wildman–Crippen LogP) is 4.04. The molecular weight excluding hydrogens is 266 g/mol. The quantitative estimate of drug-likeness (QED) is 0.898. The molecule has 2 aromatic rings. The Bertz CT molecular complexity index is 512. The molecule has 1 aromatic heterocycles. The van der Waals surface area contributed by atoms with Crippen molar-refractivity contribution in [2.24, 2.45) is 5.73 Å². The number of nitrogens with two attached hydrogens (primary N) is 1. The van der Waals surface area contributed by atoms with E-state index in [1.54, 1.807) is 11.3 Å². The van der Waals surface area contributed by atoms with E-state index < -0.39 is 0 Å². The Hall–Kier alpha value is -1.03. The average molecular weight is 282 g/mol. The van der Waals surface area contributed by atoms with Gasteiger partial charge in [0.15, 0.2) is 0 Å². The van der Waals surface area contributed by atoms with Gasteiger partial charge in [-0.25, -0.2) is 0 Å². The van der Waals surface area contributed by atoms with Crippen LogP contribution in [0, 0.1) is 0 Å². The predicted molar refractivity (Wildman–Crippen MR) is 77.6 cm³/mol. The number of ether oxygens (including phenoxy) is 1. The molecule has 0 amide bonds. The molecule has 0 radical (unpaired) electrons. The van der Waals surface area contributed by atoms with Crippen LogP contribution in [0.2, 0.25) is 5.02 Å². The fourth-order valence-corrected chi connectivity index (χ4v) is 2.96. The van der Waals surface area contributed by atoms with Crippen molar-refractivity contribution in [3.63, 3.8) is 0 Å². The van der Waals surface area contributed by atoms with Gasteiger partial charge in [-0.1, -0.05) is 23.7 Å². The topological polar surface area (TPSA) is 35.2 Å². The Balaban J connectivity index is 2.11. The van der Waals surface area contributed by atoms with Crippen LogP contribution in [0.1, 0.15) is 23.4 Å². The summed E-state index contributed by atoms with van der Waals surface area (Å²) in [5.74, 6) is 0.864. The second-order valence-electron chi connectivity index (χ2n) is 4.01. The van der Waals surface area contributed by atoms with E-state index in [0.29, 0.717) is 6.61 Å². The second kappa shape index (κ2) is 6.23. The highest BCUT2D eigenvalue weighted by Gasteiger charge is 2.11. The third-order valence-electron chi connectivity index (χ3n) is 2.69. The van der Waals surface area contributed by atoms with Crippen molar-refractivity contribution >= 4 is 22.9 Å². The summed E-state index contributed by atoms with van der Waals surface area (Å²) < 4.78 is 5.48. The SMILES string of the molecule is CCOc1cccc(C(N)Cc2sccc2Cl)c1. The van der Waals surface area contributed by atoms with Crippen LogP contribution in [0.3, 0.4) is 0 Å². The first kappa shape index (κ1) is 13.4. The highest BCUT2D eigenvalue weighted by molar-refractivity contribution is 7.10. The van der Waals surface area contributed by atoms with Crippen LogP contribution in [0.5, 0.6) is 5.75 Å². The highest BCUT2D eigenvalue weighted by atomic mass is 35.5. The molecule has 2 nitrogen and oxygen atoms in total. The molecule has 18 heavy (non-hydrogen) atoms. The molecule has 1 heterocycles. The van der Waals surface area contributed by atoms with Crippen molar-refractivity contribution in [2.75, 3.05) is 6.61 Å². The number of hydrogen-bond acceptors (Lipinski definition) is 3. The lowest BCUT2D eigenvalue weighted by Crippen LogP contribution is -2.13. The fraction of sp³-hybridized carbons (Fsp3) is 0.286. The Labute approximate surface area is 116 Å². The van der Waals surface area contributed by atoms with Gasteiger partial charge in [0.1, 0.15) is 5.75 Å². The highest BCUT2D eigenvalue weighted by Crippen LogP contribution is 2.27. The molecule has 0 saturated heterocycles. The number of halogens is 1. The van der Waals surface area contributed by atoms with Gasteiger partial charge in [0.05, 0.1) is 11.6 Å². The maximum Gasteiger partial charge on any atom is 0.119 e. The van der Waals surface area contributed by atoms with Gasteiger partial charge in [-0.3, -0.25) is 0 Å². The molecule has 0 fully saturated rings. The van der Waals surface area contributed by atoms with Crippen molar-refractivity contribution in [2.45, 2.75) is 19.4 Å². The molecule has 2 rings (SSSR count). The molecule has 96 valence electrons. The van der Waals surface area contributed by atoms with Gasteiger partial charge in [-0.15, -0.1) is 11.3 Å². The Morgan fingerprint density at radius 3 is 2.89 bits per heavy atom. The third-order valence-corrected chi connectivity index (χ3v) is 4.10. The van der Waals surface area contributed by atoms with Gasteiger partial charge in [-0.2, -0.15) is 0 Å². The molecule has 2 N–H and O–H groups in total. The Kier molecular flexibility index (Phi) is 4.64. The van der Waals surface area contributed by atoms with Crippen molar-refractivity contribution in [1.29, 1.82) is 0 Å². The summed E-state index contributed by atoms with van der Waals surface area (Å²) in [6.07, 6.45) is 0.756. The van der Waals surface area contributed by atoms with Crippen LogP contribution in [0.15, 0.2) is 35.7 Å². The normalized spacial score (nSPS) is 12.4. The molecular formula is C14H16ClNOS. The van der Waals surface area contributed by atoms with Crippen LogP contribution < -0.4 is 10.5 Å². The number of benzene rings is 1. The summed E-state index contributed by atoms with van der Waals surface area (Å²) in [5.41, 5.74) is 7.29. The number of rotatable bonds is 5. The summed E-state index contributed by atoms with van der Waals surface area (Å²) in [4.78, 5) is 1.13. The van der Waals surface area contributed by atoms with Crippen molar-refractivity contribution in [3.8, 4) is 5.75 Å². The first-order valence-electron chi connectivity index (χ1n) is 5.91. The zero-order valence-electron chi connectivity index (χ0n) is 10.2. The summed E-state index contributed by atoms with van der Waals surface area (Å²) in [6, 6.07) is 9.78. The van der Waals surface area contributed by atoms with Crippen LogP contribution in [-0.4, -0.2) is 6.61 Å². The largest absolute Gasteiger partial charge is 0.494 e. The lowest BCUT2D eigenvalue weighted by Gasteiger charge is -2.13. The minimum Gasteiger partial charge on any atom is -0.494 e. The van der Waals surface area contributed by atoms with E-state index in [0.717, 1.165) is 27.6 Å². The Morgan fingerprint density at radius 1 is 1.39 bits per heavy atom. The second-order valence-corrected chi connectivity index (χ2v) is 5.42. The van der Waals surface area contributed by atoms with E-state index in [9.17, 15) is 0 Å². The first-order valence-corrected chi connectivity index (χ1v) is 7.16. The van der Waals surface area contributed by atoms with Crippen molar-refractivity contribution in [1.82, 2.24) is 0 Å². The summed E-state index contributed by atoms with van der Waals surface area (Å²) in [6.45, 7) is 2.63. The number of hydrogen-bond donors (Lipinski definition) is 1. The average Bonchev–Trinajstić information content (AvgIpc) is 2.76. The van der Waals surface area contributed by atoms with Crippen molar-refractivity contribution in [3.05, 3.63) is 51.2 Å². The molecule has 0 aliphatic rings. The standard InChI is InChI=1S/C14H16ClNOS/c1-2-17-11-5-3-4-10(8-11)13(16)9-14-12(15)6-7-18-14/h3-8,13H,2,9,16H2,1H3. The minimum absolute atomic E-state index is 0.0541. The maximum atomic E-state index is 6.21. The van der Waals surface area contributed by atoms with E-state index >= 15 is 0 Å². The smallest absolute Gasteiger partial charge is 0.119 e. The molecule has 0 spiro atoms. The van der Waals surface area contributed by atoms with Crippen LogP contribution >= 0.6 is 22.9 Å². The lowest BCUT2D eigenvalue weighted by molar-refractivity contribution is 0.339. The van der Waals surface area contributed by atoms with E-state index in [1.807, 2.05) is 42.6 Å². The minimum atomic E-state index is -0.0541. The summed E-state index contributed by atoms with van der Waals surface area (Å²) in [7, 11) is 0. The third kappa shape index (κ3) is 3.25. The van der Waals surface area contributed by atoms with E-state index in [2.05, 4.69) is 0 Å². The Morgan fingerprint density at radius 2 is 2.22 bits per heavy atom. The molecule has 0 saturated carbocycles.